The SMILES string of the molecule is O=C(Nc1ccc(OCc2cccc(F)c2)cc1)C1CCC1. The summed E-state index contributed by atoms with van der Waals surface area (Å²) in [6.07, 6.45) is 3.12. The molecule has 1 N–H and O–H groups in total. The van der Waals surface area contributed by atoms with Crippen LogP contribution in [0.25, 0.3) is 0 Å². The van der Waals surface area contributed by atoms with Crippen LogP contribution in [-0.4, -0.2) is 5.91 Å². The number of amides is 1. The molecule has 0 saturated heterocycles. The van der Waals surface area contributed by atoms with Crippen molar-refractivity contribution in [2.75, 3.05) is 5.32 Å². The molecule has 0 bridgehead atoms. The van der Waals surface area contributed by atoms with Gasteiger partial charge in [-0.25, -0.2) is 4.39 Å². The number of hydrogen-bond donors (Lipinski definition) is 1. The first-order valence-corrected chi connectivity index (χ1v) is 7.49. The zero-order chi connectivity index (χ0) is 15.4. The molecule has 0 aliphatic heterocycles. The minimum atomic E-state index is -0.268. The molecule has 4 heteroatoms. The number of anilines is 1. The molecule has 3 nitrogen and oxygen atoms in total. The summed E-state index contributed by atoms with van der Waals surface area (Å²) in [5.41, 5.74) is 1.55. The Labute approximate surface area is 129 Å². The fourth-order valence-corrected chi connectivity index (χ4v) is 2.34. The molecule has 2 aromatic rings. The number of nitrogens with one attached hydrogen (secondary N) is 1. The zero-order valence-corrected chi connectivity index (χ0v) is 12.2. The highest BCUT2D eigenvalue weighted by Gasteiger charge is 2.24. The fraction of sp³-hybridized carbons (Fsp3) is 0.278. The molecule has 0 aromatic heterocycles. The van der Waals surface area contributed by atoms with E-state index in [9.17, 15) is 9.18 Å². The van der Waals surface area contributed by atoms with Crippen LogP contribution in [0, 0.1) is 11.7 Å². The second-order valence-corrected chi connectivity index (χ2v) is 5.56. The summed E-state index contributed by atoms with van der Waals surface area (Å²) in [7, 11) is 0. The first kappa shape index (κ1) is 14.6. The maximum atomic E-state index is 13.1. The fourth-order valence-electron chi connectivity index (χ4n) is 2.34. The van der Waals surface area contributed by atoms with E-state index in [0.717, 1.165) is 30.5 Å². The van der Waals surface area contributed by atoms with Gasteiger partial charge in [0.1, 0.15) is 18.2 Å². The highest BCUT2D eigenvalue weighted by Crippen LogP contribution is 2.28. The van der Waals surface area contributed by atoms with Gasteiger partial charge in [0.25, 0.3) is 0 Å². The first-order valence-electron chi connectivity index (χ1n) is 7.49. The molecular weight excluding hydrogens is 281 g/mol. The minimum absolute atomic E-state index is 0.0969. The lowest BCUT2D eigenvalue weighted by molar-refractivity contribution is -0.122. The average Bonchev–Trinajstić information content (AvgIpc) is 2.45. The van der Waals surface area contributed by atoms with Gasteiger partial charge >= 0.3 is 0 Å². The Hall–Kier alpha value is -2.36. The van der Waals surface area contributed by atoms with Crippen LogP contribution in [0.2, 0.25) is 0 Å². The molecule has 22 heavy (non-hydrogen) atoms. The lowest BCUT2D eigenvalue weighted by Gasteiger charge is -2.24. The predicted octanol–water partition coefficient (Wildman–Crippen LogP) is 4.14. The van der Waals surface area contributed by atoms with Gasteiger partial charge in [-0.1, -0.05) is 18.6 Å². The van der Waals surface area contributed by atoms with Gasteiger partial charge in [-0.15, -0.1) is 0 Å². The summed E-state index contributed by atoms with van der Waals surface area (Å²) in [4.78, 5) is 11.8. The van der Waals surface area contributed by atoms with Crippen LogP contribution in [0.4, 0.5) is 10.1 Å². The molecule has 114 valence electrons. The Morgan fingerprint density at radius 2 is 1.95 bits per heavy atom. The summed E-state index contributed by atoms with van der Waals surface area (Å²) in [5, 5.41) is 2.91. The van der Waals surface area contributed by atoms with Crippen molar-refractivity contribution >= 4 is 11.6 Å². The molecule has 0 atom stereocenters. The van der Waals surface area contributed by atoms with E-state index in [1.165, 1.54) is 12.1 Å². The third-order valence-electron chi connectivity index (χ3n) is 3.89. The van der Waals surface area contributed by atoms with E-state index in [1.54, 1.807) is 18.2 Å². The van der Waals surface area contributed by atoms with Crippen LogP contribution in [0.5, 0.6) is 5.75 Å². The standard InChI is InChI=1S/C18H18FNO2/c19-15-6-1-3-13(11-15)12-22-17-9-7-16(8-10-17)20-18(21)14-4-2-5-14/h1,3,6-11,14H,2,4-5,12H2,(H,20,21). The minimum Gasteiger partial charge on any atom is -0.489 e. The van der Waals surface area contributed by atoms with E-state index >= 15 is 0 Å². The average molecular weight is 299 g/mol. The molecule has 1 amide bonds. The Morgan fingerprint density at radius 3 is 2.59 bits per heavy atom. The lowest BCUT2D eigenvalue weighted by Crippen LogP contribution is -2.27. The molecule has 2 aromatic carbocycles. The molecular formula is C18H18FNO2. The van der Waals surface area contributed by atoms with E-state index in [2.05, 4.69) is 5.32 Å². The van der Waals surface area contributed by atoms with Crippen LogP contribution in [0.1, 0.15) is 24.8 Å². The molecule has 0 spiro atoms. The quantitative estimate of drug-likeness (QED) is 0.901. The molecule has 1 aliphatic carbocycles. The van der Waals surface area contributed by atoms with E-state index < -0.39 is 0 Å². The first-order chi connectivity index (χ1) is 10.7. The number of carbonyl (C=O) groups excluding carboxylic acids is 1. The summed E-state index contributed by atoms with van der Waals surface area (Å²) >= 11 is 0. The largest absolute Gasteiger partial charge is 0.489 e. The number of hydrogen-bond acceptors (Lipinski definition) is 2. The number of rotatable bonds is 5. The van der Waals surface area contributed by atoms with Crippen molar-refractivity contribution in [1.82, 2.24) is 0 Å². The molecule has 0 radical (unpaired) electrons. The summed E-state index contributed by atoms with van der Waals surface area (Å²) in [6.45, 7) is 0.311. The summed E-state index contributed by atoms with van der Waals surface area (Å²) in [5.74, 6) is 0.685. The maximum Gasteiger partial charge on any atom is 0.227 e. The van der Waals surface area contributed by atoms with Crippen LogP contribution in [-0.2, 0) is 11.4 Å². The van der Waals surface area contributed by atoms with Crippen molar-refractivity contribution in [2.45, 2.75) is 25.9 Å². The molecule has 1 fully saturated rings. The number of halogens is 1. The highest BCUT2D eigenvalue weighted by atomic mass is 19.1. The lowest BCUT2D eigenvalue weighted by atomic mass is 9.85. The Morgan fingerprint density at radius 1 is 1.18 bits per heavy atom. The van der Waals surface area contributed by atoms with Gasteiger partial charge in [-0.3, -0.25) is 4.79 Å². The Bertz CT molecular complexity index is 650. The normalized spacial score (nSPS) is 14.2. The van der Waals surface area contributed by atoms with Crippen LogP contribution in [0.3, 0.4) is 0 Å². The third-order valence-corrected chi connectivity index (χ3v) is 3.89. The van der Waals surface area contributed by atoms with Gasteiger partial charge in [-0.05, 0) is 54.8 Å². The second-order valence-electron chi connectivity index (χ2n) is 5.56. The van der Waals surface area contributed by atoms with Crippen LogP contribution < -0.4 is 10.1 Å². The number of benzene rings is 2. The van der Waals surface area contributed by atoms with Crippen molar-refractivity contribution in [2.24, 2.45) is 5.92 Å². The molecule has 3 rings (SSSR count). The maximum absolute atomic E-state index is 13.1. The predicted molar refractivity (Wildman–Crippen MR) is 83.1 cm³/mol. The van der Waals surface area contributed by atoms with E-state index in [0.29, 0.717) is 12.4 Å². The van der Waals surface area contributed by atoms with Crippen LogP contribution >= 0.6 is 0 Å². The van der Waals surface area contributed by atoms with Gasteiger partial charge in [-0.2, -0.15) is 0 Å². The Kier molecular flexibility index (Phi) is 4.37. The van der Waals surface area contributed by atoms with E-state index in [4.69, 9.17) is 4.74 Å². The van der Waals surface area contributed by atoms with Crippen molar-refractivity contribution in [3.63, 3.8) is 0 Å². The second kappa shape index (κ2) is 6.60. The van der Waals surface area contributed by atoms with Gasteiger partial charge < -0.3 is 10.1 Å². The number of carbonyl (C=O) groups is 1. The van der Waals surface area contributed by atoms with Crippen molar-refractivity contribution in [3.8, 4) is 5.75 Å². The van der Waals surface area contributed by atoms with Gasteiger partial charge in [0.15, 0.2) is 0 Å². The van der Waals surface area contributed by atoms with Crippen molar-refractivity contribution in [1.29, 1.82) is 0 Å². The van der Waals surface area contributed by atoms with Gasteiger partial charge in [0.2, 0.25) is 5.91 Å². The zero-order valence-electron chi connectivity index (χ0n) is 12.2. The van der Waals surface area contributed by atoms with Crippen molar-refractivity contribution in [3.05, 3.63) is 59.9 Å². The molecule has 0 unspecified atom stereocenters. The summed E-state index contributed by atoms with van der Waals surface area (Å²) < 4.78 is 18.7. The Balaban J connectivity index is 1.53. The summed E-state index contributed by atoms with van der Waals surface area (Å²) in [6, 6.07) is 13.6. The van der Waals surface area contributed by atoms with E-state index in [-0.39, 0.29) is 17.6 Å². The number of ether oxygens (including phenoxy) is 1. The van der Waals surface area contributed by atoms with Crippen molar-refractivity contribution < 1.29 is 13.9 Å². The third kappa shape index (κ3) is 3.64. The molecule has 0 heterocycles. The van der Waals surface area contributed by atoms with Gasteiger partial charge in [0, 0.05) is 11.6 Å². The highest BCUT2D eigenvalue weighted by molar-refractivity contribution is 5.93. The molecule has 1 saturated carbocycles. The molecule has 1 aliphatic rings. The van der Waals surface area contributed by atoms with Crippen LogP contribution in [0.15, 0.2) is 48.5 Å². The smallest absolute Gasteiger partial charge is 0.227 e. The van der Waals surface area contributed by atoms with Gasteiger partial charge in [0.05, 0.1) is 0 Å². The topological polar surface area (TPSA) is 38.3 Å². The monoisotopic (exact) mass is 299 g/mol. The van der Waals surface area contributed by atoms with E-state index in [1.807, 2.05) is 18.2 Å².